The summed E-state index contributed by atoms with van der Waals surface area (Å²) in [5.41, 5.74) is 3.36. The summed E-state index contributed by atoms with van der Waals surface area (Å²) >= 11 is 1.81. The highest BCUT2D eigenvalue weighted by Crippen LogP contribution is 2.17. The largest absolute Gasteiger partial charge is 0.306 e. The lowest BCUT2D eigenvalue weighted by molar-refractivity contribution is 0.665. The molecule has 0 amide bonds. The van der Waals surface area contributed by atoms with Crippen LogP contribution in [0.3, 0.4) is 0 Å². The SMILES string of the molecule is CCc1ccsc1CNCc1cnn(-c2ccccc2)n1. The molecule has 0 aliphatic rings. The zero-order valence-electron chi connectivity index (χ0n) is 12.0. The lowest BCUT2D eigenvalue weighted by Gasteiger charge is -2.03. The molecule has 0 unspecified atom stereocenters. The highest BCUT2D eigenvalue weighted by atomic mass is 32.1. The molecule has 0 radical (unpaired) electrons. The molecule has 3 aromatic rings. The molecular weight excluding hydrogens is 280 g/mol. The molecule has 3 rings (SSSR count). The van der Waals surface area contributed by atoms with E-state index in [-0.39, 0.29) is 0 Å². The number of nitrogens with one attached hydrogen (secondary N) is 1. The summed E-state index contributed by atoms with van der Waals surface area (Å²) in [6, 6.07) is 12.2. The average molecular weight is 298 g/mol. The fourth-order valence-corrected chi connectivity index (χ4v) is 3.15. The van der Waals surface area contributed by atoms with Crippen molar-refractivity contribution >= 4 is 11.3 Å². The van der Waals surface area contributed by atoms with Crippen LogP contribution in [0.25, 0.3) is 5.69 Å². The van der Waals surface area contributed by atoms with Gasteiger partial charge >= 0.3 is 0 Å². The Hall–Kier alpha value is -1.98. The highest BCUT2D eigenvalue weighted by molar-refractivity contribution is 7.10. The van der Waals surface area contributed by atoms with Gasteiger partial charge in [-0.25, -0.2) is 0 Å². The number of hydrogen-bond acceptors (Lipinski definition) is 4. The maximum absolute atomic E-state index is 4.49. The number of hydrogen-bond donors (Lipinski definition) is 1. The molecule has 5 heteroatoms. The van der Waals surface area contributed by atoms with E-state index in [1.165, 1.54) is 10.4 Å². The average Bonchev–Trinajstić information content (AvgIpc) is 3.17. The quantitative estimate of drug-likeness (QED) is 0.760. The van der Waals surface area contributed by atoms with Gasteiger partial charge in [-0.2, -0.15) is 15.0 Å². The van der Waals surface area contributed by atoms with Crippen molar-refractivity contribution in [1.82, 2.24) is 20.3 Å². The van der Waals surface area contributed by atoms with Gasteiger partial charge in [-0.15, -0.1) is 11.3 Å². The molecule has 2 aromatic heterocycles. The number of para-hydroxylation sites is 1. The number of nitrogens with zero attached hydrogens (tertiary/aromatic N) is 3. The molecule has 0 fully saturated rings. The zero-order valence-corrected chi connectivity index (χ0v) is 12.8. The van der Waals surface area contributed by atoms with E-state index < -0.39 is 0 Å². The van der Waals surface area contributed by atoms with E-state index in [0.717, 1.165) is 30.9 Å². The summed E-state index contributed by atoms with van der Waals surface area (Å²) in [5.74, 6) is 0. The van der Waals surface area contributed by atoms with Crippen LogP contribution in [0, 0.1) is 0 Å². The maximum atomic E-state index is 4.49. The smallest absolute Gasteiger partial charge is 0.0969 e. The van der Waals surface area contributed by atoms with Gasteiger partial charge in [0.2, 0.25) is 0 Å². The van der Waals surface area contributed by atoms with E-state index in [0.29, 0.717) is 0 Å². The third kappa shape index (κ3) is 3.37. The van der Waals surface area contributed by atoms with Crippen LogP contribution >= 0.6 is 11.3 Å². The molecular formula is C16H18N4S. The minimum Gasteiger partial charge on any atom is -0.306 e. The molecule has 21 heavy (non-hydrogen) atoms. The van der Waals surface area contributed by atoms with E-state index >= 15 is 0 Å². The fraction of sp³-hybridized carbons (Fsp3) is 0.250. The van der Waals surface area contributed by atoms with Crippen LogP contribution in [0.1, 0.15) is 23.1 Å². The summed E-state index contributed by atoms with van der Waals surface area (Å²) in [7, 11) is 0. The molecule has 0 spiro atoms. The topological polar surface area (TPSA) is 42.7 Å². The second kappa shape index (κ2) is 6.65. The Bertz CT molecular complexity index is 687. The molecule has 0 atom stereocenters. The van der Waals surface area contributed by atoms with E-state index in [9.17, 15) is 0 Å². The molecule has 0 aliphatic heterocycles. The summed E-state index contributed by atoms with van der Waals surface area (Å²) in [6.07, 6.45) is 2.90. The van der Waals surface area contributed by atoms with Gasteiger partial charge in [0.15, 0.2) is 0 Å². The molecule has 2 heterocycles. The minimum atomic E-state index is 0.730. The van der Waals surface area contributed by atoms with Gasteiger partial charge in [-0.05, 0) is 35.6 Å². The first-order valence-corrected chi connectivity index (χ1v) is 7.97. The molecule has 1 N–H and O–H groups in total. The van der Waals surface area contributed by atoms with Gasteiger partial charge in [0.1, 0.15) is 0 Å². The van der Waals surface area contributed by atoms with Gasteiger partial charge in [0.05, 0.1) is 17.6 Å². The van der Waals surface area contributed by atoms with Crippen molar-refractivity contribution in [3.63, 3.8) is 0 Å². The first-order valence-electron chi connectivity index (χ1n) is 7.09. The Balaban J connectivity index is 1.58. The lowest BCUT2D eigenvalue weighted by Crippen LogP contribution is -2.13. The summed E-state index contributed by atoms with van der Waals surface area (Å²) in [5, 5.41) is 14.4. The number of aromatic nitrogens is 3. The number of benzene rings is 1. The Labute approximate surface area is 128 Å². The van der Waals surface area contributed by atoms with Gasteiger partial charge in [0.25, 0.3) is 0 Å². The van der Waals surface area contributed by atoms with Gasteiger partial charge < -0.3 is 5.32 Å². The van der Waals surface area contributed by atoms with Crippen LogP contribution in [-0.4, -0.2) is 15.0 Å². The predicted octanol–water partition coefficient (Wildman–Crippen LogP) is 3.18. The van der Waals surface area contributed by atoms with Crippen LogP contribution in [0.2, 0.25) is 0 Å². The molecule has 0 saturated heterocycles. The van der Waals surface area contributed by atoms with Crippen molar-refractivity contribution in [2.24, 2.45) is 0 Å². The van der Waals surface area contributed by atoms with E-state index in [2.05, 4.69) is 33.9 Å². The Morgan fingerprint density at radius 2 is 2.00 bits per heavy atom. The molecule has 0 aliphatic carbocycles. The zero-order chi connectivity index (χ0) is 14.5. The first kappa shape index (κ1) is 14.0. The maximum Gasteiger partial charge on any atom is 0.0969 e. The van der Waals surface area contributed by atoms with Crippen molar-refractivity contribution in [3.05, 3.63) is 64.1 Å². The van der Waals surface area contributed by atoms with Gasteiger partial charge in [-0.3, -0.25) is 0 Å². The van der Waals surface area contributed by atoms with Crippen molar-refractivity contribution in [1.29, 1.82) is 0 Å². The molecule has 4 nitrogen and oxygen atoms in total. The first-order chi connectivity index (χ1) is 10.4. The Morgan fingerprint density at radius 1 is 1.14 bits per heavy atom. The second-order valence-electron chi connectivity index (χ2n) is 4.79. The van der Waals surface area contributed by atoms with E-state index in [4.69, 9.17) is 0 Å². The fourth-order valence-electron chi connectivity index (χ4n) is 2.20. The third-order valence-corrected chi connectivity index (χ3v) is 4.30. The second-order valence-corrected chi connectivity index (χ2v) is 5.79. The molecule has 0 bridgehead atoms. The normalized spacial score (nSPS) is 10.9. The van der Waals surface area contributed by atoms with Gasteiger partial charge in [0, 0.05) is 18.0 Å². The Morgan fingerprint density at radius 3 is 2.81 bits per heavy atom. The van der Waals surface area contributed by atoms with Crippen LogP contribution in [-0.2, 0) is 19.5 Å². The minimum absolute atomic E-state index is 0.730. The standard InChI is InChI=1S/C16H18N4S/c1-2-13-8-9-21-16(13)12-17-10-14-11-18-20(19-14)15-6-4-3-5-7-15/h3-9,11,17H,2,10,12H2,1H3. The van der Waals surface area contributed by atoms with E-state index in [1.54, 1.807) is 4.80 Å². The number of aryl methyl sites for hydroxylation is 1. The summed E-state index contributed by atoms with van der Waals surface area (Å²) in [4.78, 5) is 3.08. The van der Waals surface area contributed by atoms with Crippen molar-refractivity contribution in [2.75, 3.05) is 0 Å². The van der Waals surface area contributed by atoms with Crippen molar-refractivity contribution < 1.29 is 0 Å². The summed E-state index contributed by atoms with van der Waals surface area (Å²) < 4.78 is 0. The molecule has 0 saturated carbocycles. The molecule has 1 aromatic carbocycles. The van der Waals surface area contributed by atoms with Crippen LogP contribution in [0.5, 0.6) is 0 Å². The van der Waals surface area contributed by atoms with Crippen LogP contribution in [0.15, 0.2) is 48.0 Å². The van der Waals surface area contributed by atoms with Crippen LogP contribution in [0.4, 0.5) is 0 Å². The van der Waals surface area contributed by atoms with Gasteiger partial charge in [-0.1, -0.05) is 25.1 Å². The number of rotatable bonds is 6. The van der Waals surface area contributed by atoms with E-state index in [1.807, 2.05) is 47.9 Å². The Kier molecular flexibility index (Phi) is 4.43. The van der Waals surface area contributed by atoms with Crippen molar-refractivity contribution in [2.45, 2.75) is 26.4 Å². The third-order valence-electron chi connectivity index (χ3n) is 3.34. The monoisotopic (exact) mass is 298 g/mol. The predicted molar refractivity (Wildman–Crippen MR) is 85.6 cm³/mol. The lowest BCUT2D eigenvalue weighted by atomic mass is 10.2. The number of thiophene rings is 1. The van der Waals surface area contributed by atoms with Crippen molar-refractivity contribution in [3.8, 4) is 5.69 Å². The molecule has 108 valence electrons. The van der Waals surface area contributed by atoms with Crippen LogP contribution < -0.4 is 5.32 Å². The highest BCUT2D eigenvalue weighted by Gasteiger charge is 2.04. The summed E-state index contributed by atoms with van der Waals surface area (Å²) in [6.45, 7) is 3.81.